The molecule has 0 fully saturated rings. The molecule has 0 N–H and O–H groups in total. The lowest BCUT2D eigenvalue weighted by Gasteiger charge is -2.17. The summed E-state index contributed by atoms with van der Waals surface area (Å²) in [5.74, 6) is 0.367. The summed E-state index contributed by atoms with van der Waals surface area (Å²) < 4.78 is 5.34. The predicted octanol–water partition coefficient (Wildman–Crippen LogP) is 3.05. The van der Waals surface area contributed by atoms with Gasteiger partial charge in [-0.25, -0.2) is 0 Å². The topological polar surface area (TPSA) is 26.3 Å². The first-order valence-electron chi connectivity index (χ1n) is 5.47. The average molecular weight is 200 g/mol. The second kappa shape index (κ2) is 6.18. The zero-order chi connectivity index (χ0) is 11.2. The molecule has 0 radical (unpaired) electrons. The van der Waals surface area contributed by atoms with Crippen molar-refractivity contribution in [3.05, 3.63) is 0 Å². The van der Waals surface area contributed by atoms with Crippen LogP contribution < -0.4 is 0 Å². The molecule has 1 atom stereocenters. The second-order valence-corrected chi connectivity index (χ2v) is 5.14. The first-order chi connectivity index (χ1) is 6.37. The van der Waals surface area contributed by atoms with E-state index in [4.69, 9.17) is 4.74 Å². The number of Topliss-reactive ketones (excluding diaryl/α,β-unsaturated/α-hetero) is 1. The Morgan fingerprint density at radius 3 is 2.36 bits per heavy atom. The van der Waals surface area contributed by atoms with Crippen LogP contribution in [0.1, 0.15) is 47.5 Å². The molecule has 0 amide bonds. The number of carbonyl (C=O) groups is 1. The third-order valence-electron chi connectivity index (χ3n) is 2.40. The van der Waals surface area contributed by atoms with Crippen LogP contribution in [0, 0.1) is 11.3 Å². The molecule has 0 spiro atoms. The molecule has 84 valence electrons. The summed E-state index contributed by atoms with van der Waals surface area (Å²) in [7, 11) is 0. The van der Waals surface area contributed by atoms with Crippen LogP contribution in [0.3, 0.4) is 0 Å². The predicted molar refractivity (Wildman–Crippen MR) is 59.4 cm³/mol. The summed E-state index contributed by atoms with van der Waals surface area (Å²) in [5, 5.41) is 0. The third kappa shape index (κ3) is 7.07. The molecule has 0 aliphatic rings. The summed E-state index contributed by atoms with van der Waals surface area (Å²) in [5.41, 5.74) is 0.291. The highest BCUT2D eigenvalue weighted by atomic mass is 16.5. The van der Waals surface area contributed by atoms with Gasteiger partial charge in [-0.1, -0.05) is 34.6 Å². The van der Waals surface area contributed by atoms with Crippen LogP contribution in [0.15, 0.2) is 0 Å². The maximum absolute atomic E-state index is 11.4. The van der Waals surface area contributed by atoms with Crippen LogP contribution in [0.5, 0.6) is 0 Å². The normalized spacial score (nSPS) is 14.1. The molecule has 0 aromatic heterocycles. The van der Waals surface area contributed by atoms with Crippen molar-refractivity contribution in [2.24, 2.45) is 11.3 Å². The number of ether oxygens (including phenoxy) is 1. The van der Waals surface area contributed by atoms with E-state index in [1.165, 1.54) is 0 Å². The monoisotopic (exact) mass is 200 g/mol. The van der Waals surface area contributed by atoms with Crippen LogP contribution in [0.4, 0.5) is 0 Å². The summed E-state index contributed by atoms with van der Waals surface area (Å²) in [4.78, 5) is 11.4. The molecular formula is C12H24O2. The first-order valence-corrected chi connectivity index (χ1v) is 5.47. The fourth-order valence-electron chi connectivity index (χ4n) is 0.921. The van der Waals surface area contributed by atoms with Gasteiger partial charge in [-0.3, -0.25) is 4.79 Å². The minimum absolute atomic E-state index is 0.143. The Hall–Kier alpha value is -0.370. The molecule has 0 rings (SSSR count). The lowest BCUT2D eigenvalue weighted by Crippen LogP contribution is -2.18. The molecule has 0 aliphatic carbocycles. The van der Waals surface area contributed by atoms with E-state index >= 15 is 0 Å². The Morgan fingerprint density at radius 1 is 1.36 bits per heavy atom. The SMILES string of the molecule is CCC(C)C(=O)COCCC(C)(C)C. The van der Waals surface area contributed by atoms with Gasteiger partial charge in [0.2, 0.25) is 0 Å². The minimum atomic E-state index is 0.143. The molecule has 0 saturated carbocycles. The van der Waals surface area contributed by atoms with Crippen molar-refractivity contribution in [1.82, 2.24) is 0 Å². The minimum Gasteiger partial charge on any atom is -0.374 e. The summed E-state index contributed by atoms with van der Waals surface area (Å²) in [6.45, 7) is 11.5. The zero-order valence-corrected chi connectivity index (χ0v) is 10.2. The molecule has 0 saturated heterocycles. The molecule has 0 heterocycles. The molecule has 2 heteroatoms. The maximum atomic E-state index is 11.4. The molecule has 14 heavy (non-hydrogen) atoms. The fourth-order valence-corrected chi connectivity index (χ4v) is 0.921. The van der Waals surface area contributed by atoms with E-state index < -0.39 is 0 Å². The third-order valence-corrected chi connectivity index (χ3v) is 2.40. The van der Waals surface area contributed by atoms with Crippen molar-refractivity contribution >= 4 is 5.78 Å². The Balaban J connectivity index is 3.51. The summed E-state index contributed by atoms with van der Waals surface area (Å²) in [6, 6.07) is 0. The van der Waals surface area contributed by atoms with Crippen LogP contribution in [0.25, 0.3) is 0 Å². The lowest BCUT2D eigenvalue weighted by molar-refractivity contribution is -0.127. The van der Waals surface area contributed by atoms with Gasteiger partial charge in [-0.2, -0.15) is 0 Å². The average Bonchev–Trinajstić information content (AvgIpc) is 2.09. The van der Waals surface area contributed by atoms with Gasteiger partial charge in [0, 0.05) is 12.5 Å². The van der Waals surface area contributed by atoms with E-state index in [0.29, 0.717) is 12.0 Å². The van der Waals surface area contributed by atoms with Gasteiger partial charge in [0.05, 0.1) is 0 Å². The van der Waals surface area contributed by atoms with Crippen LogP contribution in [-0.2, 0) is 9.53 Å². The van der Waals surface area contributed by atoms with Gasteiger partial charge < -0.3 is 4.74 Å². The summed E-state index contributed by atoms with van der Waals surface area (Å²) in [6.07, 6.45) is 1.91. The van der Waals surface area contributed by atoms with Crippen molar-refractivity contribution in [2.75, 3.05) is 13.2 Å². The van der Waals surface area contributed by atoms with Gasteiger partial charge in [-0.15, -0.1) is 0 Å². The van der Waals surface area contributed by atoms with Crippen molar-refractivity contribution in [3.63, 3.8) is 0 Å². The van der Waals surface area contributed by atoms with Gasteiger partial charge in [0.15, 0.2) is 5.78 Å². The van der Waals surface area contributed by atoms with Gasteiger partial charge in [0.1, 0.15) is 6.61 Å². The van der Waals surface area contributed by atoms with Gasteiger partial charge in [-0.05, 0) is 18.3 Å². The molecule has 0 aromatic rings. The Bertz CT molecular complexity index is 168. The maximum Gasteiger partial charge on any atom is 0.161 e. The number of ketones is 1. The molecule has 0 bridgehead atoms. The number of carbonyl (C=O) groups excluding carboxylic acids is 1. The van der Waals surface area contributed by atoms with E-state index in [9.17, 15) is 4.79 Å². The molecule has 0 aliphatic heterocycles. The summed E-state index contributed by atoms with van der Waals surface area (Å²) >= 11 is 0. The molecule has 2 nitrogen and oxygen atoms in total. The highest BCUT2D eigenvalue weighted by Crippen LogP contribution is 2.17. The van der Waals surface area contributed by atoms with Crippen molar-refractivity contribution < 1.29 is 9.53 Å². The Morgan fingerprint density at radius 2 is 1.93 bits per heavy atom. The first kappa shape index (κ1) is 13.6. The standard InChI is InChI=1S/C12H24O2/c1-6-10(2)11(13)9-14-8-7-12(3,4)5/h10H,6-9H2,1-5H3. The van der Waals surface area contributed by atoms with Crippen molar-refractivity contribution in [2.45, 2.75) is 47.5 Å². The van der Waals surface area contributed by atoms with Gasteiger partial charge >= 0.3 is 0 Å². The van der Waals surface area contributed by atoms with Crippen LogP contribution in [-0.4, -0.2) is 19.0 Å². The molecular weight excluding hydrogens is 176 g/mol. The number of hydrogen-bond donors (Lipinski definition) is 0. The zero-order valence-electron chi connectivity index (χ0n) is 10.2. The Kier molecular flexibility index (Phi) is 6.01. The number of rotatable bonds is 6. The van der Waals surface area contributed by atoms with E-state index in [0.717, 1.165) is 12.8 Å². The fraction of sp³-hybridized carbons (Fsp3) is 0.917. The quantitative estimate of drug-likeness (QED) is 0.616. The Labute approximate surface area is 88.0 Å². The number of hydrogen-bond acceptors (Lipinski definition) is 2. The largest absolute Gasteiger partial charge is 0.374 e. The van der Waals surface area contributed by atoms with E-state index in [1.54, 1.807) is 0 Å². The highest BCUT2D eigenvalue weighted by Gasteiger charge is 2.12. The van der Waals surface area contributed by atoms with E-state index in [1.807, 2.05) is 13.8 Å². The molecule has 0 aromatic carbocycles. The van der Waals surface area contributed by atoms with E-state index in [-0.39, 0.29) is 18.3 Å². The van der Waals surface area contributed by atoms with E-state index in [2.05, 4.69) is 20.8 Å². The lowest BCUT2D eigenvalue weighted by atomic mass is 9.93. The molecule has 1 unspecified atom stereocenters. The second-order valence-electron chi connectivity index (χ2n) is 5.14. The van der Waals surface area contributed by atoms with Crippen molar-refractivity contribution in [3.8, 4) is 0 Å². The van der Waals surface area contributed by atoms with Gasteiger partial charge in [0.25, 0.3) is 0 Å². The highest BCUT2D eigenvalue weighted by molar-refractivity contribution is 5.81. The van der Waals surface area contributed by atoms with Crippen LogP contribution in [0.2, 0.25) is 0 Å². The van der Waals surface area contributed by atoms with Crippen LogP contribution >= 0.6 is 0 Å². The smallest absolute Gasteiger partial charge is 0.161 e. The van der Waals surface area contributed by atoms with Crippen molar-refractivity contribution in [1.29, 1.82) is 0 Å².